The van der Waals surface area contributed by atoms with E-state index < -0.39 is 78.8 Å². The number of esters is 1. The van der Waals surface area contributed by atoms with E-state index in [1.165, 1.54) is 29.8 Å². The van der Waals surface area contributed by atoms with Gasteiger partial charge >= 0.3 is 17.9 Å². The summed E-state index contributed by atoms with van der Waals surface area (Å²) in [6.07, 6.45) is 1.05. The molecule has 1 aromatic carbocycles. The molecule has 3 aliphatic heterocycles. The summed E-state index contributed by atoms with van der Waals surface area (Å²) in [6.45, 7) is 4.44. The molecule has 5 N–H and O–H groups in total. The van der Waals surface area contributed by atoms with E-state index in [1.54, 1.807) is 38.1 Å². The number of sulfone groups is 1. The Balaban J connectivity index is 0.000000191. The molecule has 4 heterocycles. The van der Waals surface area contributed by atoms with Crippen LogP contribution >= 0.6 is 11.8 Å². The molecule has 262 valence electrons. The van der Waals surface area contributed by atoms with Crippen LogP contribution in [0, 0.1) is 11.8 Å². The van der Waals surface area contributed by atoms with E-state index in [0.717, 1.165) is 4.68 Å². The van der Waals surface area contributed by atoms with E-state index in [-0.39, 0.29) is 36.7 Å². The number of β-lactam (4-membered cyclic amide) rings is 1. The van der Waals surface area contributed by atoms with Crippen LogP contribution in [0.25, 0.3) is 0 Å². The molecule has 7 atom stereocenters. The summed E-state index contributed by atoms with van der Waals surface area (Å²) in [6, 6.07) is 7.23. The molecule has 4 aliphatic rings. The number of thioether (sulfide) groups is 1. The van der Waals surface area contributed by atoms with Crippen molar-refractivity contribution >= 4 is 57.1 Å². The topological polar surface area (TPSA) is 258 Å². The zero-order valence-electron chi connectivity index (χ0n) is 26.5. The molecule has 17 nitrogen and oxygen atoms in total. The number of hydrogen-bond donors (Lipinski definition) is 4. The predicted octanol–water partition coefficient (Wildman–Crippen LogP) is -0.255. The minimum atomic E-state index is -3.88. The minimum absolute atomic E-state index is 0.0154. The molecule has 49 heavy (non-hydrogen) atoms. The average molecular weight is 719 g/mol. The van der Waals surface area contributed by atoms with Crippen molar-refractivity contribution in [2.45, 2.75) is 61.2 Å². The quantitative estimate of drug-likeness (QED) is 0.192. The predicted molar refractivity (Wildman–Crippen MR) is 170 cm³/mol. The largest absolute Gasteiger partial charge is 0.481 e. The third kappa shape index (κ3) is 6.10. The van der Waals surface area contributed by atoms with E-state index in [9.17, 15) is 47.4 Å². The summed E-state index contributed by atoms with van der Waals surface area (Å²) in [7, 11) is -3.88. The van der Waals surface area contributed by atoms with Gasteiger partial charge in [-0.15, -0.1) is 16.9 Å². The Labute approximate surface area is 284 Å². The SMILES string of the molecule is CC1=C(C(=O)O)N2C(=O)[C@@H](NC(=O)C(N)c3ccccc3)[C@H]2SC1.CCOC(=O)c1cn(C[C@@]2(C)[C@H](C(=O)O)C3C(=O)CC3S2(=O)=O)nn1. The van der Waals surface area contributed by atoms with Gasteiger partial charge in [0, 0.05) is 18.1 Å². The van der Waals surface area contributed by atoms with E-state index >= 15 is 0 Å². The number of carboxylic acids is 2. The highest BCUT2D eigenvalue weighted by Gasteiger charge is 2.71. The van der Waals surface area contributed by atoms with Crippen molar-refractivity contribution in [2.24, 2.45) is 17.6 Å². The highest BCUT2D eigenvalue weighted by atomic mass is 32.2. The Kier molecular flexibility index (Phi) is 9.73. The third-order valence-electron chi connectivity index (χ3n) is 9.11. The molecule has 19 heteroatoms. The zero-order chi connectivity index (χ0) is 36.0. The lowest BCUT2D eigenvalue weighted by atomic mass is 9.70. The second kappa shape index (κ2) is 13.4. The number of nitrogens with zero attached hydrogens (tertiary/aromatic N) is 4. The molecule has 3 unspecified atom stereocenters. The summed E-state index contributed by atoms with van der Waals surface area (Å²) in [5.74, 6) is -6.28. The highest BCUT2D eigenvalue weighted by Crippen LogP contribution is 2.54. The van der Waals surface area contributed by atoms with Crippen molar-refractivity contribution in [3.63, 3.8) is 0 Å². The molecule has 0 radical (unpaired) electrons. The summed E-state index contributed by atoms with van der Waals surface area (Å²) in [5.41, 5.74) is 7.13. The molecule has 2 amide bonds. The zero-order valence-corrected chi connectivity index (χ0v) is 28.1. The normalized spacial score (nSPS) is 28.5. The molecule has 2 aromatic rings. The van der Waals surface area contributed by atoms with Gasteiger partial charge in [-0.25, -0.2) is 18.0 Å². The Morgan fingerprint density at radius 3 is 2.45 bits per heavy atom. The molecular weight excluding hydrogens is 684 g/mol. The number of Topliss-reactive ketones (excluding diaryl/α,β-unsaturated/α-hetero) is 1. The molecular formula is C30H34N6O11S2. The maximum absolute atomic E-state index is 12.8. The van der Waals surface area contributed by atoms with E-state index in [1.807, 2.05) is 6.07 Å². The maximum atomic E-state index is 12.8. The number of ether oxygens (including phenoxy) is 1. The number of carbonyl (C=O) groups excluding carboxylic acids is 4. The van der Waals surface area contributed by atoms with Gasteiger partial charge in [0.2, 0.25) is 5.91 Å². The third-order valence-corrected chi connectivity index (χ3v) is 13.5. The summed E-state index contributed by atoms with van der Waals surface area (Å²) >= 11 is 1.43. The number of rotatable bonds is 9. The molecule has 0 spiro atoms. The van der Waals surface area contributed by atoms with Crippen LogP contribution in [-0.2, 0) is 45.1 Å². The average Bonchev–Trinajstić information content (AvgIpc) is 3.57. The van der Waals surface area contributed by atoms with Crippen molar-refractivity contribution in [1.82, 2.24) is 25.2 Å². The van der Waals surface area contributed by atoms with Crippen LogP contribution < -0.4 is 11.1 Å². The van der Waals surface area contributed by atoms with Gasteiger partial charge in [-0.05, 0) is 31.9 Å². The van der Waals surface area contributed by atoms with Gasteiger partial charge in [0.05, 0.1) is 30.5 Å². The highest BCUT2D eigenvalue weighted by molar-refractivity contribution is 8.00. The van der Waals surface area contributed by atoms with Crippen LogP contribution in [0.2, 0.25) is 0 Å². The Morgan fingerprint density at radius 1 is 1.18 bits per heavy atom. The number of aromatic nitrogens is 3. The first-order chi connectivity index (χ1) is 23.0. The van der Waals surface area contributed by atoms with Gasteiger partial charge in [-0.2, -0.15) is 0 Å². The van der Waals surface area contributed by atoms with Crippen molar-refractivity contribution < 1.29 is 52.1 Å². The van der Waals surface area contributed by atoms with Crippen LogP contribution in [0.5, 0.6) is 0 Å². The van der Waals surface area contributed by atoms with Gasteiger partial charge in [-0.3, -0.25) is 28.8 Å². The summed E-state index contributed by atoms with van der Waals surface area (Å²) in [5, 5.41) is 27.4. The van der Waals surface area contributed by atoms with Crippen LogP contribution in [0.15, 0.2) is 47.8 Å². The van der Waals surface area contributed by atoms with Crippen LogP contribution in [0.1, 0.15) is 49.3 Å². The number of ketones is 1. The number of carbonyl (C=O) groups is 6. The molecule has 1 aromatic heterocycles. The number of aliphatic carboxylic acids is 2. The molecule has 2 saturated heterocycles. The first kappa shape index (κ1) is 35.7. The minimum Gasteiger partial charge on any atom is -0.481 e. The molecule has 6 rings (SSSR count). The standard InChI is InChI=1S/C16H17N3O4S.C14H17N3O7S/c1-8-7-24-15-11(14(21)19(15)12(8)16(22)23)18-13(20)10(17)9-5-3-2-4-6-9;1-3-24-13(21)7-5-17(16-15-7)6-14(2)11(12(19)20)10-8(18)4-9(10)25(14,22)23/h2-6,10-11,15H,7,17H2,1H3,(H,18,20)(H,22,23);5,9-11H,3-4,6H2,1-2H3,(H,19,20)/t10?,11-,15-;9?,10?,11-,14-/m10/s1. The second-order valence-electron chi connectivity index (χ2n) is 12.1. The van der Waals surface area contributed by atoms with Gasteiger partial charge in [0.25, 0.3) is 5.91 Å². The van der Waals surface area contributed by atoms with Crippen LogP contribution in [0.3, 0.4) is 0 Å². The molecule has 0 bridgehead atoms. The van der Waals surface area contributed by atoms with Gasteiger partial charge < -0.3 is 26.0 Å². The van der Waals surface area contributed by atoms with Gasteiger partial charge in [-0.1, -0.05) is 35.5 Å². The Bertz CT molecular complexity index is 1860. The van der Waals surface area contributed by atoms with Crippen molar-refractivity contribution in [1.29, 1.82) is 0 Å². The van der Waals surface area contributed by atoms with Crippen molar-refractivity contribution in [3.8, 4) is 0 Å². The lowest BCUT2D eigenvalue weighted by Gasteiger charge is -2.49. The number of amides is 2. The first-order valence-electron chi connectivity index (χ1n) is 15.1. The van der Waals surface area contributed by atoms with Crippen LogP contribution in [-0.4, -0.2) is 108 Å². The van der Waals surface area contributed by atoms with E-state index in [2.05, 4.69) is 15.6 Å². The van der Waals surface area contributed by atoms with Crippen molar-refractivity contribution in [3.05, 3.63) is 59.1 Å². The number of carboxylic acid groups (broad SMARTS) is 2. The fourth-order valence-corrected chi connectivity index (χ4v) is 10.5. The molecule has 1 aliphatic carbocycles. The fourth-order valence-electron chi connectivity index (χ4n) is 6.54. The molecule has 3 fully saturated rings. The van der Waals surface area contributed by atoms with E-state index in [4.69, 9.17) is 10.5 Å². The van der Waals surface area contributed by atoms with Gasteiger partial charge in [0.15, 0.2) is 15.5 Å². The first-order valence-corrected chi connectivity index (χ1v) is 17.7. The number of nitrogens with two attached hydrogens (primary N) is 1. The monoisotopic (exact) mass is 718 g/mol. The lowest BCUT2D eigenvalue weighted by Crippen LogP contribution is -2.71. The molecule has 1 saturated carbocycles. The van der Waals surface area contributed by atoms with Gasteiger partial charge in [0.1, 0.15) is 33.7 Å². The fraction of sp³-hybridized carbons (Fsp3) is 0.467. The summed E-state index contributed by atoms with van der Waals surface area (Å²) < 4.78 is 29.8. The van der Waals surface area contributed by atoms with E-state index in [0.29, 0.717) is 16.9 Å². The van der Waals surface area contributed by atoms with Crippen LogP contribution in [0.4, 0.5) is 0 Å². The maximum Gasteiger partial charge on any atom is 0.360 e. The summed E-state index contributed by atoms with van der Waals surface area (Å²) in [4.78, 5) is 72.3. The lowest BCUT2D eigenvalue weighted by molar-refractivity contribution is -0.150. The Hall–Kier alpha value is -4.62. The number of fused-ring (bicyclic) bond motifs is 2. The Morgan fingerprint density at radius 2 is 1.86 bits per heavy atom. The number of hydrogen-bond acceptors (Lipinski definition) is 13. The second-order valence-corrected chi connectivity index (χ2v) is 15.9. The number of benzene rings is 1. The number of nitrogens with one attached hydrogen (secondary N) is 1. The smallest absolute Gasteiger partial charge is 0.360 e. The van der Waals surface area contributed by atoms with Crippen molar-refractivity contribution in [2.75, 3.05) is 12.4 Å².